The predicted molar refractivity (Wildman–Crippen MR) is 123 cm³/mol. The van der Waals surface area contributed by atoms with E-state index in [1.807, 2.05) is 74.5 Å². The number of aryl methyl sites for hydroxylation is 1. The number of ether oxygens (including phenoxy) is 2. The molecule has 1 N–H and O–H groups in total. The van der Waals surface area contributed by atoms with Crippen molar-refractivity contribution in [3.63, 3.8) is 0 Å². The van der Waals surface area contributed by atoms with Crippen LogP contribution in [0.25, 0.3) is 11.3 Å². The van der Waals surface area contributed by atoms with Gasteiger partial charge in [-0.05, 0) is 44.2 Å². The summed E-state index contributed by atoms with van der Waals surface area (Å²) in [6, 6.07) is 24.5. The van der Waals surface area contributed by atoms with Gasteiger partial charge in [0.1, 0.15) is 11.5 Å². The van der Waals surface area contributed by atoms with Crippen LogP contribution in [0.5, 0.6) is 11.5 Å². The van der Waals surface area contributed by atoms with Crippen molar-refractivity contribution in [2.75, 3.05) is 11.9 Å². The molecule has 0 spiro atoms. The fraction of sp³-hybridized carbons (Fsp3) is 0.154. The van der Waals surface area contributed by atoms with Crippen LogP contribution in [0.15, 0.2) is 83.4 Å². The van der Waals surface area contributed by atoms with Gasteiger partial charge in [-0.15, -0.1) is 0 Å². The normalized spacial score (nSPS) is 10.6. The molecule has 0 aliphatic carbocycles. The lowest BCUT2D eigenvalue weighted by Gasteiger charge is -2.12. The molecule has 4 rings (SSSR count). The third-order valence-electron chi connectivity index (χ3n) is 4.88. The van der Waals surface area contributed by atoms with Crippen LogP contribution in [-0.4, -0.2) is 17.7 Å². The second kappa shape index (κ2) is 9.83. The van der Waals surface area contributed by atoms with E-state index in [4.69, 9.17) is 14.0 Å². The van der Waals surface area contributed by atoms with Crippen molar-refractivity contribution in [1.29, 1.82) is 0 Å². The Labute approximate surface area is 186 Å². The minimum Gasteiger partial charge on any atom is -0.494 e. The molecule has 6 heteroatoms. The zero-order valence-corrected chi connectivity index (χ0v) is 18.0. The van der Waals surface area contributed by atoms with E-state index in [9.17, 15) is 4.79 Å². The fourth-order valence-electron chi connectivity index (χ4n) is 3.17. The van der Waals surface area contributed by atoms with Crippen LogP contribution in [0, 0.1) is 6.92 Å². The number of nitrogens with one attached hydrogen (secondary N) is 1. The highest BCUT2D eigenvalue weighted by Gasteiger charge is 2.16. The summed E-state index contributed by atoms with van der Waals surface area (Å²) < 4.78 is 16.4. The monoisotopic (exact) mass is 428 g/mol. The number of anilines is 1. The molecule has 32 heavy (non-hydrogen) atoms. The molecule has 1 heterocycles. The van der Waals surface area contributed by atoms with E-state index in [0.717, 1.165) is 28.1 Å². The van der Waals surface area contributed by atoms with Crippen LogP contribution >= 0.6 is 0 Å². The van der Waals surface area contributed by atoms with Gasteiger partial charge in [-0.3, -0.25) is 0 Å². The Morgan fingerprint density at radius 2 is 1.75 bits per heavy atom. The van der Waals surface area contributed by atoms with Crippen molar-refractivity contribution in [3.05, 3.63) is 95.7 Å². The zero-order chi connectivity index (χ0) is 22.3. The van der Waals surface area contributed by atoms with E-state index >= 15 is 0 Å². The van der Waals surface area contributed by atoms with E-state index in [0.29, 0.717) is 24.7 Å². The molecular formula is C26H24N2O4. The Balaban J connectivity index is 1.36. The van der Waals surface area contributed by atoms with Gasteiger partial charge < -0.3 is 19.3 Å². The molecule has 0 aliphatic rings. The number of rotatable bonds is 8. The van der Waals surface area contributed by atoms with E-state index in [1.54, 1.807) is 18.2 Å². The third-order valence-corrected chi connectivity index (χ3v) is 4.88. The first-order valence-electron chi connectivity index (χ1n) is 10.4. The highest BCUT2D eigenvalue weighted by Crippen LogP contribution is 2.23. The lowest BCUT2D eigenvalue weighted by Crippen LogP contribution is -2.08. The molecular weight excluding hydrogens is 404 g/mol. The zero-order valence-electron chi connectivity index (χ0n) is 18.0. The number of benzene rings is 3. The molecule has 162 valence electrons. The number of hydrogen-bond donors (Lipinski definition) is 1. The maximum absolute atomic E-state index is 12.4. The van der Waals surface area contributed by atoms with Crippen LogP contribution < -0.4 is 14.8 Å². The summed E-state index contributed by atoms with van der Waals surface area (Å²) in [5, 5.41) is 7.19. The molecule has 0 fully saturated rings. The standard InChI is InChI=1S/C26H24N2O4/c1-3-30-24-7-5-4-6-20(24)17-27-21-12-14-22(15-13-21)31-26(29)23-16-25(32-28-23)19-10-8-18(2)9-11-19/h4-16,27H,3,17H2,1-2H3. The van der Waals surface area contributed by atoms with Crippen molar-refractivity contribution in [3.8, 4) is 22.8 Å². The molecule has 3 aromatic carbocycles. The highest BCUT2D eigenvalue weighted by atomic mass is 16.5. The predicted octanol–water partition coefficient (Wildman–Crippen LogP) is 5.88. The third kappa shape index (κ3) is 5.16. The Hall–Kier alpha value is -4.06. The smallest absolute Gasteiger partial charge is 0.365 e. The molecule has 0 radical (unpaired) electrons. The molecule has 0 unspecified atom stereocenters. The first-order chi connectivity index (χ1) is 15.6. The molecule has 1 aromatic heterocycles. The van der Waals surface area contributed by atoms with E-state index in [1.165, 1.54) is 0 Å². The van der Waals surface area contributed by atoms with Crippen molar-refractivity contribution in [2.24, 2.45) is 0 Å². The van der Waals surface area contributed by atoms with Gasteiger partial charge in [0.25, 0.3) is 0 Å². The van der Waals surface area contributed by atoms with Crippen LogP contribution in [-0.2, 0) is 6.54 Å². The Kier molecular flexibility index (Phi) is 6.51. The number of para-hydroxylation sites is 1. The molecule has 4 aromatic rings. The van der Waals surface area contributed by atoms with Gasteiger partial charge >= 0.3 is 5.97 Å². The summed E-state index contributed by atoms with van der Waals surface area (Å²) in [7, 11) is 0. The first-order valence-corrected chi connectivity index (χ1v) is 10.4. The quantitative estimate of drug-likeness (QED) is 0.279. The minimum absolute atomic E-state index is 0.121. The largest absolute Gasteiger partial charge is 0.494 e. The van der Waals surface area contributed by atoms with Gasteiger partial charge in [0.2, 0.25) is 0 Å². The highest BCUT2D eigenvalue weighted by molar-refractivity contribution is 5.90. The Bertz CT molecular complexity index is 1180. The molecule has 0 aliphatic heterocycles. The van der Waals surface area contributed by atoms with Gasteiger partial charge in [-0.25, -0.2) is 4.79 Å². The van der Waals surface area contributed by atoms with Gasteiger partial charge in [0, 0.05) is 29.4 Å². The maximum Gasteiger partial charge on any atom is 0.365 e. The van der Waals surface area contributed by atoms with Crippen LogP contribution in [0.1, 0.15) is 28.5 Å². The average Bonchev–Trinajstić information content (AvgIpc) is 3.31. The van der Waals surface area contributed by atoms with Crippen molar-refractivity contribution < 1.29 is 18.8 Å². The van der Waals surface area contributed by atoms with Gasteiger partial charge in [-0.1, -0.05) is 53.2 Å². The number of nitrogens with zero attached hydrogens (tertiary/aromatic N) is 1. The first kappa shape index (κ1) is 21.2. The lowest BCUT2D eigenvalue weighted by atomic mass is 10.1. The Morgan fingerprint density at radius 3 is 2.50 bits per heavy atom. The number of carbonyl (C=O) groups excluding carboxylic acids is 1. The van der Waals surface area contributed by atoms with E-state index in [2.05, 4.69) is 10.5 Å². The molecule has 0 amide bonds. The summed E-state index contributed by atoms with van der Waals surface area (Å²) in [6.45, 7) is 5.21. The van der Waals surface area contributed by atoms with Crippen LogP contribution in [0.2, 0.25) is 0 Å². The molecule has 6 nitrogen and oxygen atoms in total. The van der Waals surface area contributed by atoms with Crippen LogP contribution in [0.3, 0.4) is 0 Å². The van der Waals surface area contributed by atoms with E-state index < -0.39 is 5.97 Å². The molecule has 0 atom stereocenters. The number of esters is 1. The van der Waals surface area contributed by atoms with Gasteiger partial charge in [0.15, 0.2) is 11.5 Å². The molecule has 0 saturated carbocycles. The Morgan fingerprint density at radius 1 is 1.00 bits per heavy atom. The van der Waals surface area contributed by atoms with E-state index in [-0.39, 0.29) is 5.69 Å². The minimum atomic E-state index is -0.571. The summed E-state index contributed by atoms with van der Waals surface area (Å²) in [5.41, 5.74) is 4.09. The number of hydrogen-bond acceptors (Lipinski definition) is 6. The van der Waals surface area contributed by atoms with Crippen LogP contribution in [0.4, 0.5) is 5.69 Å². The van der Waals surface area contributed by atoms with Gasteiger partial charge in [-0.2, -0.15) is 0 Å². The maximum atomic E-state index is 12.4. The SMILES string of the molecule is CCOc1ccccc1CNc1ccc(OC(=O)c2cc(-c3ccc(C)cc3)on2)cc1. The second-order valence-corrected chi connectivity index (χ2v) is 7.25. The summed E-state index contributed by atoms with van der Waals surface area (Å²) in [6.07, 6.45) is 0. The second-order valence-electron chi connectivity index (χ2n) is 7.25. The molecule has 0 saturated heterocycles. The number of aromatic nitrogens is 1. The van der Waals surface area contributed by atoms with Gasteiger partial charge in [0.05, 0.1) is 6.61 Å². The fourth-order valence-corrected chi connectivity index (χ4v) is 3.17. The summed E-state index contributed by atoms with van der Waals surface area (Å²) in [5.74, 6) is 1.24. The topological polar surface area (TPSA) is 73.6 Å². The van der Waals surface area contributed by atoms with Crippen molar-refractivity contribution in [2.45, 2.75) is 20.4 Å². The molecule has 0 bridgehead atoms. The van der Waals surface area contributed by atoms with Crippen molar-refractivity contribution in [1.82, 2.24) is 5.16 Å². The summed E-state index contributed by atoms with van der Waals surface area (Å²) in [4.78, 5) is 12.4. The number of carbonyl (C=O) groups is 1. The average molecular weight is 428 g/mol. The van der Waals surface area contributed by atoms with Crippen molar-refractivity contribution >= 4 is 11.7 Å². The lowest BCUT2D eigenvalue weighted by molar-refractivity contribution is 0.0724. The summed E-state index contributed by atoms with van der Waals surface area (Å²) >= 11 is 0.